The van der Waals surface area contributed by atoms with Crippen LogP contribution in [0.5, 0.6) is 0 Å². The molecule has 0 amide bonds. The number of nitrogens with one attached hydrogen (secondary N) is 1. The van der Waals surface area contributed by atoms with E-state index in [2.05, 4.69) is 20.4 Å². The van der Waals surface area contributed by atoms with Crippen LogP contribution in [0.15, 0.2) is 36.9 Å². The lowest BCUT2D eigenvalue weighted by Gasteiger charge is -2.07. The first-order chi connectivity index (χ1) is 12.6. The molecule has 0 aliphatic carbocycles. The number of hydrogen-bond donors (Lipinski definition) is 1. The molecule has 5 aromatic heterocycles. The maximum Gasteiger partial charge on any atom is 0.156 e. The van der Waals surface area contributed by atoms with Gasteiger partial charge in [-0.15, -0.1) is 0 Å². The molecular formula is C18H16N8. The third kappa shape index (κ3) is 2.12. The molecule has 0 aliphatic heterocycles. The fraction of sp³-hybridized carbons (Fsp3) is 0.167. The molecule has 8 nitrogen and oxygen atoms in total. The summed E-state index contributed by atoms with van der Waals surface area (Å²) in [5, 5.41) is 17.9. The number of nitrogens with zero attached hydrogens (tertiary/aromatic N) is 7. The third-order valence-electron chi connectivity index (χ3n) is 4.59. The molecule has 1 N–H and O–H groups in total. The van der Waals surface area contributed by atoms with Crippen LogP contribution in [-0.4, -0.2) is 39.7 Å². The largest absolute Gasteiger partial charge is 0.278 e. The summed E-state index contributed by atoms with van der Waals surface area (Å²) in [6.45, 7) is 3.96. The molecule has 5 heterocycles. The normalized spacial score (nSPS) is 11.7. The van der Waals surface area contributed by atoms with Crippen molar-refractivity contribution in [2.45, 2.75) is 13.8 Å². The first-order valence-corrected chi connectivity index (χ1v) is 8.25. The molecule has 0 aliphatic rings. The molecule has 8 heteroatoms. The highest BCUT2D eigenvalue weighted by molar-refractivity contribution is 5.87. The Kier molecular flexibility index (Phi) is 2.96. The lowest BCUT2D eigenvalue weighted by Crippen LogP contribution is -2.01. The standard InChI is InChI=1S/C18H16N8/c1-10-13-7-19-24-16(13)5-18(23-10)26-17-4-15(12-6-20-25(3)9-12)22-11(2)14(17)8-21-26/h4-9H,1-3H3,(H,19,24). The number of aromatic nitrogens is 8. The Morgan fingerprint density at radius 2 is 1.77 bits per heavy atom. The van der Waals surface area contributed by atoms with Crippen molar-refractivity contribution >= 4 is 21.8 Å². The number of pyridine rings is 2. The molecule has 0 atom stereocenters. The van der Waals surface area contributed by atoms with Crippen LogP contribution in [0.25, 0.3) is 38.9 Å². The minimum Gasteiger partial charge on any atom is -0.278 e. The summed E-state index contributed by atoms with van der Waals surface area (Å²) in [6, 6.07) is 3.99. The van der Waals surface area contributed by atoms with Gasteiger partial charge in [-0.05, 0) is 19.9 Å². The number of fused-ring (bicyclic) bond motifs is 2. The van der Waals surface area contributed by atoms with Crippen molar-refractivity contribution in [1.29, 1.82) is 0 Å². The number of rotatable bonds is 2. The van der Waals surface area contributed by atoms with Crippen molar-refractivity contribution in [2.24, 2.45) is 7.05 Å². The molecule has 0 unspecified atom stereocenters. The van der Waals surface area contributed by atoms with Crippen LogP contribution in [0.4, 0.5) is 0 Å². The lowest BCUT2D eigenvalue weighted by molar-refractivity contribution is 0.768. The van der Waals surface area contributed by atoms with E-state index in [-0.39, 0.29) is 0 Å². The summed E-state index contributed by atoms with van der Waals surface area (Å²) >= 11 is 0. The van der Waals surface area contributed by atoms with Crippen molar-refractivity contribution in [3.63, 3.8) is 0 Å². The summed E-state index contributed by atoms with van der Waals surface area (Å²) < 4.78 is 3.61. The molecule has 5 aromatic rings. The van der Waals surface area contributed by atoms with E-state index in [1.54, 1.807) is 10.9 Å². The first-order valence-electron chi connectivity index (χ1n) is 8.25. The molecule has 26 heavy (non-hydrogen) atoms. The van der Waals surface area contributed by atoms with Crippen LogP contribution in [-0.2, 0) is 7.05 Å². The topological polar surface area (TPSA) is 90.1 Å². The van der Waals surface area contributed by atoms with Crippen molar-refractivity contribution < 1.29 is 0 Å². The second-order valence-electron chi connectivity index (χ2n) is 6.38. The van der Waals surface area contributed by atoms with Gasteiger partial charge in [-0.2, -0.15) is 15.3 Å². The third-order valence-corrected chi connectivity index (χ3v) is 4.59. The van der Waals surface area contributed by atoms with Crippen LogP contribution in [0.3, 0.4) is 0 Å². The fourth-order valence-corrected chi connectivity index (χ4v) is 3.26. The molecule has 0 spiro atoms. The zero-order valence-electron chi connectivity index (χ0n) is 14.6. The van der Waals surface area contributed by atoms with Gasteiger partial charge in [0.1, 0.15) is 0 Å². The first kappa shape index (κ1) is 14.8. The van der Waals surface area contributed by atoms with Gasteiger partial charge in [0.15, 0.2) is 5.82 Å². The zero-order valence-corrected chi connectivity index (χ0v) is 14.6. The van der Waals surface area contributed by atoms with Gasteiger partial charge in [-0.1, -0.05) is 0 Å². The molecule has 0 saturated heterocycles. The maximum absolute atomic E-state index is 4.71. The van der Waals surface area contributed by atoms with Gasteiger partial charge in [0.25, 0.3) is 0 Å². The number of aryl methyl sites for hydroxylation is 3. The van der Waals surface area contributed by atoms with Crippen LogP contribution in [0.2, 0.25) is 0 Å². The Bertz CT molecular complexity index is 1270. The van der Waals surface area contributed by atoms with E-state index in [0.29, 0.717) is 0 Å². The van der Waals surface area contributed by atoms with E-state index in [9.17, 15) is 0 Å². The molecule has 0 bridgehead atoms. The zero-order chi connectivity index (χ0) is 17.8. The predicted octanol–water partition coefficient (Wildman–Crippen LogP) is 2.71. The molecule has 5 rings (SSSR count). The lowest BCUT2D eigenvalue weighted by atomic mass is 10.1. The Morgan fingerprint density at radius 1 is 0.923 bits per heavy atom. The molecule has 0 radical (unpaired) electrons. The van der Waals surface area contributed by atoms with E-state index in [4.69, 9.17) is 9.97 Å². The van der Waals surface area contributed by atoms with Gasteiger partial charge < -0.3 is 0 Å². The van der Waals surface area contributed by atoms with Gasteiger partial charge in [0.2, 0.25) is 0 Å². The minimum absolute atomic E-state index is 0.747. The smallest absolute Gasteiger partial charge is 0.156 e. The Morgan fingerprint density at radius 3 is 2.58 bits per heavy atom. The molecule has 0 aromatic carbocycles. The summed E-state index contributed by atoms with van der Waals surface area (Å²) in [6.07, 6.45) is 7.39. The van der Waals surface area contributed by atoms with E-state index in [1.807, 2.05) is 56.3 Å². The highest BCUT2D eigenvalue weighted by Crippen LogP contribution is 2.26. The maximum atomic E-state index is 4.71. The average Bonchev–Trinajstić information content (AvgIpc) is 3.33. The number of aromatic amines is 1. The highest BCUT2D eigenvalue weighted by Gasteiger charge is 2.14. The number of H-pyrrole nitrogens is 1. The minimum atomic E-state index is 0.747. The number of hydrogen-bond acceptors (Lipinski definition) is 5. The van der Waals surface area contributed by atoms with E-state index in [0.717, 1.165) is 50.3 Å². The summed E-state index contributed by atoms with van der Waals surface area (Å²) in [7, 11) is 1.89. The van der Waals surface area contributed by atoms with Gasteiger partial charge >= 0.3 is 0 Å². The SMILES string of the molecule is Cc1nc(-n2ncc3c(C)nc(-c4cnn(C)c4)cc32)cc2[nH]ncc12. The Labute approximate surface area is 148 Å². The summed E-state index contributed by atoms with van der Waals surface area (Å²) in [5.41, 5.74) is 5.57. The van der Waals surface area contributed by atoms with Crippen LogP contribution in [0.1, 0.15) is 11.4 Å². The Hall–Kier alpha value is -3.55. The van der Waals surface area contributed by atoms with Crippen molar-refractivity contribution in [2.75, 3.05) is 0 Å². The van der Waals surface area contributed by atoms with Crippen molar-refractivity contribution in [3.05, 3.63) is 48.3 Å². The second kappa shape index (κ2) is 5.22. The van der Waals surface area contributed by atoms with Gasteiger partial charge in [0, 0.05) is 41.3 Å². The van der Waals surface area contributed by atoms with Gasteiger partial charge in [0.05, 0.1) is 41.0 Å². The predicted molar refractivity (Wildman–Crippen MR) is 98.0 cm³/mol. The summed E-state index contributed by atoms with van der Waals surface area (Å²) in [4.78, 5) is 9.41. The van der Waals surface area contributed by atoms with E-state index < -0.39 is 0 Å². The van der Waals surface area contributed by atoms with Crippen molar-refractivity contribution in [1.82, 2.24) is 39.7 Å². The Balaban J connectivity index is 1.76. The van der Waals surface area contributed by atoms with Crippen LogP contribution in [0, 0.1) is 13.8 Å². The molecule has 0 saturated carbocycles. The van der Waals surface area contributed by atoms with E-state index >= 15 is 0 Å². The van der Waals surface area contributed by atoms with Gasteiger partial charge in [-0.25, -0.2) is 9.67 Å². The quantitative estimate of drug-likeness (QED) is 0.532. The van der Waals surface area contributed by atoms with E-state index in [1.165, 1.54) is 0 Å². The van der Waals surface area contributed by atoms with Crippen LogP contribution < -0.4 is 0 Å². The molecule has 128 valence electrons. The van der Waals surface area contributed by atoms with Crippen molar-refractivity contribution in [3.8, 4) is 17.1 Å². The summed E-state index contributed by atoms with van der Waals surface area (Å²) in [5.74, 6) is 0.747. The highest BCUT2D eigenvalue weighted by atomic mass is 15.3. The second-order valence-corrected chi connectivity index (χ2v) is 6.38. The molecular weight excluding hydrogens is 328 g/mol. The molecule has 0 fully saturated rings. The average molecular weight is 344 g/mol. The van der Waals surface area contributed by atoms with Gasteiger partial charge in [-0.3, -0.25) is 14.8 Å². The van der Waals surface area contributed by atoms with Crippen LogP contribution >= 0.6 is 0 Å². The monoisotopic (exact) mass is 344 g/mol. The fourth-order valence-electron chi connectivity index (χ4n) is 3.26.